The second-order valence-corrected chi connectivity index (χ2v) is 10.4. The molecule has 0 unspecified atom stereocenters. The lowest BCUT2D eigenvalue weighted by atomic mass is 10.2. The minimum absolute atomic E-state index is 0.0293. The summed E-state index contributed by atoms with van der Waals surface area (Å²) in [6, 6.07) is 4.55. The highest BCUT2D eigenvalue weighted by atomic mass is 32.2. The minimum Gasteiger partial charge on any atom is -0.258 e. The van der Waals surface area contributed by atoms with Gasteiger partial charge in [-0.2, -0.15) is 0 Å². The molecule has 0 aliphatic rings. The molecule has 13 heteroatoms. The van der Waals surface area contributed by atoms with Crippen molar-refractivity contribution in [3.8, 4) is 0 Å². The third-order valence-electron chi connectivity index (χ3n) is 3.63. The second-order valence-electron chi connectivity index (χ2n) is 5.87. The van der Waals surface area contributed by atoms with Gasteiger partial charge in [0, 0.05) is 30.7 Å². The number of hydrogen-bond donors (Lipinski definition) is 0. The summed E-state index contributed by atoms with van der Waals surface area (Å²) in [7, 11) is -2.93. The van der Waals surface area contributed by atoms with Crippen molar-refractivity contribution in [3.63, 3.8) is 0 Å². The molecule has 0 atom stereocenters. The van der Waals surface area contributed by atoms with Crippen LogP contribution in [-0.4, -0.2) is 50.5 Å². The van der Waals surface area contributed by atoms with Crippen molar-refractivity contribution in [3.05, 3.63) is 28.3 Å². The lowest BCUT2D eigenvalue weighted by Crippen LogP contribution is -2.05. The van der Waals surface area contributed by atoms with Crippen LogP contribution < -0.4 is 0 Å². The SMILES string of the molecule is CS(=O)(=O)CCCCCn1nnnc1Sc1nc2ccc([N+](=O)[O-])cc2s1. The van der Waals surface area contributed by atoms with Crippen LogP contribution in [0.4, 0.5) is 5.69 Å². The highest BCUT2D eigenvalue weighted by molar-refractivity contribution is 8.01. The quantitative estimate of drug-likeness (QED) is 0.286. The van der Waals surface area contributed by atoms with Crippen molar-refractivity contribution in [1.29, 1.82) is 0 Å². The van der Waals surface area contributed by atoms with Crippen molar-refractivity contribution in [2.75, 3.05) is 12.0 Å². The number of rotatable bonds is 9. The summed E-state index contributed by atoms with van der Waals surface area (Å²) >= 11 is 2.64. The van der Waals surface area contributed by atoms with E-state index in [1.807, 2.05) is 0 Å². The van der Waals surface area contributed by atoms with Gasteiger partial charge < -0.3 is 0 Å². The molecule has 0 fully saturated rings. The van der Waals surface area contributed by atoms with Crippen LogP contribution >= 0.6 is 23.1 Å². The predicted molar refractivity (Wildman–Crippen MR) is 102 cm³/mol. The molecule has 0 aliphatic heterocycles. The van der Waals surface area contributed by atoms with Gasteiger partial charge in [0.25, 0.3) is 5.69 Å². The number of sulfone groups is 1. The maximum atomic E-state index is 11.1. The number of hydrogen-bond acceptors (Lipinski definition) is 10. The molecular weight excluding hydrogens is 412 g/mol. The van der Waals surface area contributed by atoms with Gasteiger partial charge >= 0.3 is 0 Å². The number of aromatic nitrogens is 5. The molecule has 0 N–H and O–H groups in total. The highest BCUT2D eigenvalue weighted by Crippen LogP contribution is 2.34. The lowest BCUT2D eigenvalue weighted by Gasteiger charge is -2.03. The lowest BCUT2D eigenvalue weighted by molar-refractivity contribution is -0.384. The molecule has 0 bridgehead atoms. The summed E-state index contributed by atoms with van der Waals surface area (Å²) in [6.07, 6.45) is 3.37. The van der Waals surface area contributed by atoms with E-state index in [9.17, 15) is 18.5 Å². The number of unbranched alkanes of at least 4 members (excludes halogenated alkanes) is 2. The average Bonchev–Trinajstić information content (AvgIpc) is 3.19. The van der Waals surface area contributed by atoms with Crippen LogP contribution in [0.1, 0.15) is 19.3 Å². The molecule has 0 aliphatic carbocycles. The van der Waals surface area contributed by atoms with E-state index in [0.717, 1.165) is 17.5 Å². The summed E-state index contributed by atoms with van der Waals surface area (Å²) in [5, 5.41) is 23.1. The molecule has 0 radical (unpaired) electrons. The number of non-ortho nitro benzene ring substituents is 1. The normalized spacial score (nSPS) is 11.9. The Labute approximate surface area is 163 Å². The molecule has 0 spiro atoms. The van der Waals surface area contributed by atoms with Crippen molar-refractivity contribution < 1.29 is 13.3 Å². The number of nitrogens with zero attached hydrogens (tertiary/aromatic N) is 6. The molecule has 2 heterocycles. The van der Waals surface area contributed by atoms with Crippen LogP contribution in [0.2, 0.25) is 0 Å². The zero-order valence-electron chi connectivity index (χ0n) is 14.3. The van der Waals surface area contributed by atoms with Crippen molar-refractivity contribution in [2.45, 2.75) is 35.3 Å². The predicted octanol–water partition coefficient (Wildman–Crippen LogP) is 2.56. The van der Waals surface area contributed by atoms with Crippen molar-refractivity contribution in [2.24, 2.45) is 0 Å². The highest BCUT2D eigenvalue weighted by Gasteiger charge is 2.14. The van der Waals surface area contributed by atoms with E-state index in [4.69, 9.17) is 0 Å². The molecule has 0 saturated carbocycles. The largest absolute Gasteiger partial charge is 0.270 e. The first-order chi connectivity index (χ1) is 12.8. The maximum absolute atomic E-state index is 11.1. The zero-order valence-corrected chi connectivity index (χ0v) is 16.8. The Morgan fingerprint density at radius 1 is 1.30 bits per heavy atom. The van der Waals surface area contributed by atoms with Gasteiger partial charge in [-0.15, -0.1) is 16.4 Å². The second kappa shape index (κ2) is 8.27. The molecule has 0 amide bonds. The van der Waals surface area contributed by atoms with Crippen LogP contribution in [0, 0.1) is 10.1 Å². The van der Waals surface area contributed by atoms with Gasteiger partial charge in [-0.3, -0.25) is 10.1 Å². The van der Waals surface area contributed by atoms with E-state index in [-0.39, 0.29) is 11.4 Å². The van der Waals surface area contributed by atoms with E-state index < -0.39 is 14.8 Å². The monoisotopic (exact) mass is 428 g/mol. The van der Waals surface area contributed by atoms with Crippen LogP contribution in [0.25, 0.3) is 10.2 Å². The molecular formula is C14H16N6O4S3. The summed E-state index contributed by atoms with van der Waals surface area (Å²) in [6.45, 7) is 0.579. The van der Waals surface area contributed by atoms with Gasteiger partial charge in [-0.25, -0.2) is 18.1 Å². The van der Waals surface area contributed by atoms with Gasteiger partial charge in [0.15, 0.2) is 4.34 Å². The molecule has 2 aromatic heterocycles. The molecule has 10 nitrogen and oxygen atoms in total. The number of tetrazole rings is 1. The molecule has 144 valence electrons. The smallest absolute Gasteiger partial charge is 0.258 e. The topological polar surface area (TPSA) is 134 Å². The number of thiazole rings is 1. The van der Waals surface area contributed by atoms with E-state index in [1.54, 1.807) is 10.7 Å². The number of nitro groups is 1. The number of aryl methyl sites for hydroxylation is 1. The molecule has 1 aromatic carbocycles. The Morgan fingerprint density at radius 3 is 2.85 bits per heavy atom. The van der Waals surface area contributed by atoms with Gasteiger partial charge in [-0.05, 0) is 41.1 Å². The third kappa shape index (κ3) is 5.43. The summed E-state index contributed by atoms with van der Waals surface area (Å²) in [5.74, 6) is 0.183. The first-order valence-electron chi connectivity index (χ1n) is 7.98. The van der Waals surface area contributed by atoms with Crippen LogP contribution in [0.15, 0.2) is 27.7 Å². The average molecular weight is 429 g/mol. The summed E-state index contributed by atoms with van der Waals surface area (Å²) in [5.41, 5.74) is 0.717. The van der Waals surface area contributed by atoms with Crippen molar-refractivity contribution >= 4 is 48.8 Å². The van der Waals surface area contributed by atoms with Gasteiger partial charge in [-0.1, -0.05) is 6.42 Å². The fraction of sp³-hybridized carbons (Fsp3) is 0.429. The van der Waals surface area contributed by atoms with Crippen LogP contribution in [0.3, 0.4) is 0 Å². The Morgan fingerprint density at radius 2 is 2.11 bits per heavy atom. The number of benzene rings is 1. The van der Waals surface area contributed by atoms with Crippen LogP contribution in [0.5, 0.6) is 0 Å². The third-order valence-corrected chi connectivity index (χ3v) is 6.71. The first kappa shape index (κ1) is 19.6. The Kier molecular flexibility index (Phi) is 6.01. The Balaban J connectivity index is 1.62. The Hall–Kier alpha value is -2.12. The van der Waals surface area contributed by atoms with Gasteiger partial charge in [0.1, 0.15) is 9.84 Å². The maximum Gasteiger partial charge on any atom is 0.270 e. The van der Waals surface area contributed by atoms with Gasteiger partial charge in [0.2, 0.25) is 5.16 Å². The number of fused-ring (bicyclic) bond motifs is 1. The van der Waals surface area contributed by atoms with E-state index >= 15 is 0 Å². The molecule has 3 rings (SSSR count). The standard InChI is InChI=1S/C14H16N6O4S3/c1-27(23,24)8-4-2-3-7-19-13(16-17-18-19)26-14-15-11-6-5-10(20(21)22)9-12(11)25-14/h5-6,9H,2-4,7-8H2,1H3. The van der Waals surface area contributed by atoms with E-state index in [1.165, 1.54) is 41.5 Å². The fourth-order valence-corrected chi connectivity index (χ4v) is 5.07. The minimum atomic E-state index is -2.93. The van der Waals surface area contributed by atoms with Crippen molar-refractivity contribution in [1.82, 2.24) is 25.2 Å². The summed E-state index contributed by atoms with van der Waals surface area (Å²) < 4.78 is 25.3. The Bertz CT molecular complexity index is 1060. The first-order valence-corrected chi connectivity index (χ1v) is 11.7. The molecule has 0 saturated heterocycles. The van der Waals surface area contributed by atoms with E-state index in [0.29, 0.717) is 28.0 Å². The van der Waals surface area contributed by atoms with Crippen LogP contribution in [-0.2, 0) is 16.4 Å². The zero-order chi connectivity index (χ0) is 19.4. The van der Waals surface area contributed by atoms with E-state index in [2.05, 4.69) is 20.5 Å². The van der Waals surface area contributed by atoms with Gasteiger partial charge in [0.05, 0.1) is 15.1 Å². The number of nitro benzene ring substituents is 1. The summed E-state index contributed by atoms with van der Waals surface area (Å²) in [4.78, 5) is 14.9. The molecule has 3 aromatic rings. The fourth-order valence-electron chi connectivity index (χ4n) is 2.34. The molecule has 27 heavy (non-hydrogen) atoms.